The molecule has 0 spiro atoms. The lowest BCUT2D eigenvalue weighted by Gasteiger charge is -2.10. The monoisotopic (exact) mass is 220 g/mol. The molecule has 14 heavy (non-hydrogen) atoms. The number of rotatable bonds is 9. The molecule has 0 radical (unpaired) electrons. The molecule has 1 heterocycles. The number of hydrogen-bond acceptors (Lipinski definition) is 4. The second kappa shape index (κ2) is 7.36. The molecule has 1 aliphatic rings. The van der Waals surface area contributed by atoms with Gasteiger partial charge in [-0.2, -0.15) is 0 Å². The fraction of sp³-hybridized carbons (Fsp3) is 1.00. The van der Waals surface area contributed by atoms with Gasteiger partial charge in [0, 0.05) is 20.8 Å². The zero-order chi connectivity index (χ0) is 10.2. The van der Waals surface area contributed by atoms with Gasteiger partial charge in [-0.3, -0.25) is 0 Å². The lowest BCUT2D eigenvalue weighted by Crippen LogP contribution is -2.26. The molecule has 5 heteroatoms. The van der Waals surface area contributed by atoms with E-state index >= 15 is 0 Å². The van der Waals surface area contributed by atoms with Gasteiger partial charge in [-0.05, 0) is 19.3 Å². The van der Waals surface area contributed by atoms with Crippen LogP contribution in [0, 0.1) is 0 Å². The minimum atomic E-state index is -1.50. The molecule has 1 rings (SSSR count). The predicted octanol–water partition coefficient (Wildman–Crippen LogP) is 0.625. The summed E-state index contributed by atoms with van der Waals surface area (Å²) in [6, 6.07) is 0. The Bertz CT molecular complexity index is 137. The molecular weight excluding hydrogens is 200 g/mol. The van der Waals surface area contributed by atoms with Gasteiger partial charge in [-0.1, -0.05) is 0 Å². The number of ether oxygens (including phenoxy) is 2. The first-order valence-corrected chi connectivity index (χ1v) is 6.87. The number of epoxide rings is 1. The second-order valence-electron chi connectivity index (χ2n) is 3.43. The smallest absolute Gasteiger partial charge is 0.347 e. The van der Waals surface area contributed by atoms with Crippen LogP contribution in [0.2, 0.25) is 0 Å². The maximum atomic E-state index is 5.45. The van der Waals surface area contributed by atoms with Gasteiger partial charge in [0.25, 0.3) is 0 Å². The van der Waals surface area contributed by atoms with Crippen molar-refractivity contribution in [3.63, 3.8) is 0 Å². The molecule has 4 nitrogen and oxygen atoms in total. The van der Waals surface area contributed by atoms with E-state index in [1.807, 2.05) is 0 Å². The summed E-state index contributed by atoms with van der Waals surface area (Å²) < 4.78 is 20.8. The van der Waals surface area contributed by atoms with E-state index < -0.39 is 9.28 Å². The highest BCUT2D eigenvalue weighted by Gasteiger charge is 2.20. The lowest BCUT2D eigenvalue weighted by atomic mass is 10.2. The van der Waals surface area contributed by atoms with Gasteiger partial charge in [-0.25, -0.2) is 0 Å². The Kier molecular flexibility index (Phi) is 6.38. The molecule has 0 aromatic carbocycles. The van der Waals surface area contributed by atoms with E-state index in [-0.39, 0.29) is 0 Å². The maximum absolute atomic E-state index is 5.45. The zero-order valence-electron chi connectivity index (χ0n) is 9.03. The summed E-state index contributed by atoms with van der Waals surface area (Å²) in [6.45, 7) is 1.77. The highest BCUT2D eigenvalue weighted by Crippen LogP contribution is 2.16. The third kappa shape index (κ3) is 5.72. The van der Waals surface area contributed by atoms with Crippen molar-refractivity contribution in [2.24, 2.45) is 0 Å². The Morgan fingerprint density at radius 1 is 1.29 bits per heavy atom. The standard InChI is InChI=1S/C9H20O4Si/c1-10-14(11-2)8-12-6-4-3-5-9-7-13-9/h9,14H,3-8H2,1-2H3. The molecule has 84 valence electrons. The lowest BCUT2D eigenvalue weighted by molar-refractivity contribution is 0.135. The minimum Gasteiger partial charge on any atom is -0.399 e. The van der Waals surface area contributed by atoms with Gasteiger partial charge in [-0.15, -0.1) is 0 Å². The highest BCUT2D eigenvalue weighted by atomic mass is 28.3. The molecule has 0 aliphatic carbocycles. The average Bonchev–Trinajstić information content (AvgIpc) is 3.01. The van der Waals surface area contributed by atoms with Crippen LogP contribution in [-0.4, -0.2) is 49.1 Å². The third-order valence-corrected chi connectivity index (χ3v) is 3.81. The van der Waals surface area contributed by atoms with E-state index in [4.69, 9.17) is 18.3 Å². The van der Waals surface area contributed by atoms with Crippen LogP contribution in [0.5, 0.6) is 0 Å². The van der Waals surface area contributed by atoms with Crippen molar-refractivity contribution in [1.82, 2.24) is 0 Å². The fourth-order valence-corrected chi connectivity index (χ4v) is 2.05. The van der Waals surface area contributed by atoms with Crippen LogP contribution in [0.4, 0.5) is 0 Å². The molecule has 1 saturated heterocycles. The van der Waals surface area contributed by atoms with Gasteiger partial charge in [0.15, 0.2) is 0 Å². The van der Waals surface area contributed by atoms with Crippen molar-refractivity contribution < 1.29 is 18.3 Å². The first-order chi connectivity index (χ1) is 6.86. The molecule has 1 aliphatic heterocycles. The predicted molar refractivity (Wildman–Crippen MR) is 55.6 cm³/mol. The Balaban J connectivity index is 1.78. The summed E-state index contributed by atoms with van der Waals surface area (Å²) in [5, 5.41) is 0. The molecular formula is C9H20O4Si. The molecule has 0 saturated carbocycles. The van der Waals surface area contributed by atoms with E-state index in [9.17, 15) is 0 Å². The van der Waals surface area contributed by atoms with E-state index in [0.29, 0.717) is 12.3 Å². The van der Waals surface area contributed by atoms with Crippen LogP contribution >= 0.6 is 0 Å². The fourth-order valence-electron chi connectivity index (χ4n) is 1.22. The SMILES string of the molecule is CO[SiH](COCCCCC1CO1)OC. The first kappa shape index (κ1) is 12.1. The Morgan fingerprint density at radius 3 is 2.57 bits per heavy atom. The topological polar surface area (TPSA) is 40.2 Å². The molecule has 1 fully saturated rings. The van der Waals surface area contributed by atoms with Crippen LogP contribution in [-0.2, 0) is 18.3 Å². The maximum Gasteiger partial charge on any atom is 0.347 e. The molecule has 0 N–H and O–H groups in total. The summed E-state index contributed by atoms with van der Waals surface area (Å²) in [7, 11) is 1.85. The molecule has 1 unspecified atom stereocenters. The van der Waals surface area contributed by atoms with Crippen molar-refractivity contribution in [3.05, 3.63) is 0 Å². The summed E-state index contributed by atoms with van der Waals surface area (Å²) in [4.78, 5) is 0. The molecule has 0 aromatic rings. The van der Waals surface area contributed by atoms with Crippen LogP contribution in [0.25, 0.3) is 0 Å². The van der Waals surface area contributed by atoms with Crippen molar-refractivity contribution in [2.45, 2.75) is 25.4 Å². The van der Waals surface area contributed by atoms with Crippen molar-refractivity contribution in [3.8, 4) is 0 Å². The van der Waals surface area contributed by atoms with Crippen LogP contribution in [0.1, 0.15) is 19.3 Å². The van der Waals surface area contributed by atoms with E-state index in [2.05, 4.69) is 0 Å². The van der Waals surface area contributed by atoms with Crippen molar-refractivity contribution in [2.75, 3.05) is 33.7 Å². The van der Waals surface area contributed by atoms with Gasteiger partial charge < -0.3 is 18.3 Å². The second-order valence-corrected chi connectivity index (χ2v) is 5.56. The molecule has 0 aromatic heterocycles. The summed E-state index contributed by atoms with van der Waals surface area (Å²) in [5.74, 6) is 0. The third-order valence-electron chi connectivity index (χ3n) is 2.25. The molecule has 0 amide bonds. The Hall–Kier alpha value is 0.0569. The van der Waals surface area contributed by atoms with E-state index in [0.717, 1.165) is 19.6 Å². The minimum absolute atomic E-state index is 0.551. The van der Waals surface area contributed by atoms with Gasteiger partial charge >= 0.3 is 9.28 Å². The molecule has 0 bridgehead atoms. The highest BCUT2D eigenvalue weighted by molar-refractivity contribution is 6.44. The quantitative estimate of drug-likeness (QED) is 0.324. The first-order valence-electron chi connectivity index (χ1n) is 5.11. The van der Waals surface area contributed by atoms with E-state index in [1.165, 1.54) is 12.8 Å². The normalized spacial score (nSPS) is 20.4. The Labute approximate surface area is 87.3 Å². The van der Waals surface area contributed by atoms with Crippen molar-refractivity contribution >= 4 is 9.28 Å². The van der Waals surface area contributed by atoms with Crippen LogP contribution in [0.3, 0.4) is 0 Å². The summed E-state index contributed by atoms with van der Waals surface area (Å²) in [5.41, 5.74) is 0. The molecule has 1 atom stereocenters. The zero-order valence-corrected chi connectivity index (χ0v) is 10.2. The van der Waals surface area contributed by atoms with Gasteiger partial charge in [0.2, 0.25) is 0 Å². The summed E-state index contributed by atoms with van der Waals surface area (Å²) in [6.07, 6.45) is 4.67. The average molecular weight is 220 g/mol. The largest absolute Gasteiger partial charge is 0.399 e. The Morgan fingerprint density at radius 2 is 2.00 bits per heavy atom. The summed E-state index contributed by atoms with van der Waals surface area (Å²) >= 11 is 0. The number of hydrogen-bond donors (Lipinski definition) is 0. The van der Waals surface area contributed by atoms with Gasteiger partial charge in [0.1, 0.15) is 0 Å². The van der Waals surface area contributed by atoms with Crippen LogP contribution < -0.4 is 0 Å². The number of unbranched alkanes of at least 4 members (excludes halogenated alkanes) is 1. The van der Waals surface area contributed by atoms with Gasteiger partial charge in [0.05, 0.1) is 18.9 Å². The van der Waals surface area contributed by atoms with Crippen molar-refractivity contribution in [1.29, 1.82) is 0 Å². The van der Waals surface area contributed by atoms with Crippen LogP contribution in [0.15, 0.2) is 0 Å². The van der Waals surface area contributed by atoms with E-state index in [1.54, 1.807) is 14.2 Å².